The number of aryl methyl sites for hydroxylation is 1. The van der Waals surface area contributed by atoms with E-state index in [0.29, 0.717) is 17.4 Å². The number of rotatable bonds is 4. The highest BCUT2D eigenvalue weighted by atomic mass is 16.5. The molecular weight excluding hydrogens is 412 g/mol. The monoisotopic (exact) mass is 440 g/mol. The number of benzene rings is 1. The minimum Gasteiger partial charge on any atom is -0.449 e. The average molecular weight is 441 g/mol. The molecular formula is C23H28N4O5. The van der Waals surface area contributed by atoms with Crippen molar-refractivity contribution in [1.29, 1.82) is 0 Å². The molecule has 1 unspecified atom stereocenters. The zero-order valence-corrected chi connectivity index (χ0v) is 18.2. The Balaban J connectivity index is 1.43. The number of urea groups is 1. The number of carbonyl (C=O) groups is 3. The van der Waals surface area contributed by atoms with Crippen molar-refractivity contribution in [2.45, 2.75) is 77.0 Å². The van der Waals surface area contributed by atoms with E-state index in [-0.39, 0.29) is 17.2 Å². The van der Waals surface area contributed by atoms with Gasteiger partial charge in [-0.2, -0.15) is 0 Å². The number of nitrogens with zero attached hydrogens (tertiary/aromatic N) is 2. The lowest BCUT2D eigenvalue weighted by Crippen LogP contribution is -2.47. The first kappa shape index (κ1) is 22.0. The van der Waals surface area contributed by atoms with Crippen LogP contribution < -0.4 is 16.2 Å². The van der Waals surface area contributed by atoms with Gasteiger partial charge in [-0.15, -0.1) is 0 Å². The van der Waals surface area contributed by atoms with Crippen LogP contribution in [0.2, 0.25) is 0 Å². The van der Waals surface area contributed by atoms with Gasteiger partial charge < -0.3 is 10.1 Å². The molecule has 1 aliphatic carbocycles. The number of carbonyl (C=O) groups excluding carboxylic acids is 3. The van der Waals surface area contributed by atoms with Crippen molar-refractivity contribution in [3.8, 4) is 0 Å². The summed E-state index contributed by atoms with van der Waals surface area (Å²) in [6, 6.07) is 4.07. The van der Waals surface area contributed by atoms with Gasteiger partial charge in [-0.1, -0.05) is 19.3 Å². The first-order valence-corrected chi connectivity index (χ1v) is 11.3. The van der Waals surface area contributed by atoms with E-state index in [1.54, 1.807) is 10.6 Å². The zero-order valence-electron chi connectivity index (χ0n) is 18.2. The highest BCUT2D eigenvalue weighted by molar-refractivity contribution is 5.99. The number of hydrogen-bond acceptors (Lipinski definition) is 6. The van der Waals surface area contributed by atoms with Crippen LogP contribution in [0, 0.1) is 0 Å². The SMILES string of the molecule is CC(OC(=O)c1ccc2c(=O)n3c(nc2c1)CCCCC3)C(=O)NC(=O)NC1CCCC1. The van der Waals surface area contributed by atoms with Crippen LogP contribution >= 0.6 is 0 Å². The molecule has 0 spiro atoms. The third-order valence-corrected chi connectivity index (χ3v) is 6.13. The van der Waals surface area contributed by atoms with Crippen molar-refractivity contribution >= 4 is 28.8 Å². The third-order valence-electron chi connectivity index (χ3n) is 6.13. The van der Waals surface area contributed by atoms with Crippen LogP contribution in [0.5, 0.6) is 0 Å². The van der Waals surface area contributed by atoms with Crippen molar-refractivity contribution in [1.82, 2.24) is 20.2 Å². The summed E-state index contributed by atoms with van der Waals surface area (Å²) >= 11 is 0. The summed E-state index contributed by atoms with van der Waals surface area (Å²) in [6.45, 7) is 2.06. The minimum absolute atomic E-state index is 0.0740. The Labute approximate surface area is 185 Å². The van der Waals surface area contributed by atoms with E-state index in [1.165, 1.54) is 19.1 Å². The number of imide groups is 1. The fourth-order valence-corrected chi connectivity index (χ4v) is 4.33. The Hall–Kier alpha value is -3.23. The molecule has 0 bridgehead atoms. The quantitative estimate of drug-likeness (QED) is 0.705. The van der Waals surface area contributed by atoms with Crippen LogP contribution in [-0.2, 0) is 22.5 Å². The molecule has 2 aromatic rings. The molecule has 2 N–H and O–H groups in total. The van der Waals surface area contributed by atoms with E-state index in [9.17, 15) is 19.2 Å². The molecule has 9 nitrogen and oxygen atoms in total. The second-order valence-electron chi connectivity index (χ2n) is 8.52. The number of esters is 1. The molecule has 3 amide bonds. The van der Waals surface area contributed by atoms with Crippen LogP contribution in [0.4, 0.5) is 4.79 Å². The molecule has 1 saturated carbocycles. The van der Waals surface area contributed by atoms with Gasteiger partial charge in [0.2, 0.25) is 0 Å². The Morgan fingerprint density at radius 1 is 1.12 bits per heavy atom. The van der Waals surface area contributed by atoms with E-state index >= 15 is 0 Å². The molecule has 1 aromatic heterocycles. The third kappa shape index (κ3) is 4.81. The molecule has 1 fully saturated rings. The molecule has 2 aliphatic rings. The van der Waals surface area contributed by atoms with Crippen LogP contribution in [-0.4, -0.2) is 39.6 Å². The predicted molar refractivity (Wildman–Crippen MR) is 117 cm³/mol. The van der Waals surface area contributed by atoms with Crippen molar-refractivity contribution in [3.63, 3.8) is 0 Å². The summed E-state index contributed by atoms with van der Waals surface area (Å²) in [5.74, 6) is -0.689. The summed E-state index contributed by atoms with van der Waals surface area (Å²) in [5.41, 5.74) is 0.525. The molecule has 2 heterocycles. The maximum Gasteiger partial charge on any atom is 0.338 e. The lowest BCUT2D eigenvalue weighted by molar-refractivity contribution is -0.127. The predicted octanol–water partition coefficient (Wildman–Crippen LogP) is 2.44. The fourth-order valence-electron chi connectivity index (χ4n) is 4.33. The van der Waals surface area contributed by atoms with Crippen LogP contribution in [0.1, 0.15) is 68.1 Å². The molecule has 1 atom stereocenters. The van der Waals surface area contributed by atoms with Crippen molar-refractivity contribution in [3.05, 3.63) is 39.9 Å². The fraction of sp³-hybridized carbons (Fsp3) is 0.522. The maximum atomic E-state index is 12.8. The van der Waals surface area contributed by atoms with Gasteiger partial charge in [-0.3, -0.25) is 19.5 Å². The molecule has 0 radical (unpaired) electrons. The summed E-state index contributed by atoms with van der Waals surface area (Å²) < 4.78 is 6.96. The van der Waals surface area contributed by atoms with Crippen LogP contribution in [0.25, 0.3) is 10.9 Å². The van der Waals surface area contributed by atoms with Crippen molar-refractivity contribution < 1.29 is 19.1 Å². The molecule has 170 valence electrons. The zero-order chi connectivity index (χ0) is 22.7. The number of hydrogen-bond donors (Lipinski definition) is 2. The first-order chi connectivity index (χ1) is 15.4. The second-order valence-corrected chi connectivity index (χ2v) is 8.52. The summed E-state index contributed by atoms with van der Waals surface area (Å²) in [7, 11) is 0. The van der Waals surface area contributed by atoms with E-state index in [2.05, 4.69) is 15.6 Å². The van der Waals surface area contributed by atoms with E-state index in [0.717, 1.165) is 57.2 Å². The van der Waals surface area contributed by atoms with Gasteiger partial charge in [0.05, 0.1) is 16.5 Å². The molecule has 0 saturated heterocycles. The number of ether oxygens (including phenoxy) is 1. The number of aromatic nitrogens is 2. The second kappa shape index (κ2) is 9.50. The van der Waals surface area contributed by atoms with E-state index in [1.807, 2.05) is 0 Å². The highest BCUT2D eigenvalue weighted by Crippen LogP contribution is 2.18. The molecule has 4 rings (SSSR count). The molecule has 9 heteroatoms. The van der Waals surface area contributed by atoms with Crippen LogP contribution in [0.15, 0.2) is 23.0 Å². The standard InChI is InChI=1S/C23H28N4O5/c1-14(20(28)26-23(31)24-16-7-4-5-8-16)32-22(30)15-10-11-17-18(13-15)25-19-9-3-2-6-12-27(19)21(17)29/h10-11,13-14,16H,2-9,12H2,1H3,(H2,24,26,28,31). The van der Waals surface area contributed by atoms with Gasteiger partial charge in [0.25, 0.3) is 11.5 Å². The van der Waals surface area contributed by atoms with Gasteiger partial charge in [-0.25, -0.2) is 14.6 Å². The number of fused-ring (bicyclic) bond motifs is 2. The Bertz CT molecular complexity index is 1100. The Kier molecular flexibility index (Phi) is 6.53. The number of amides is 3. The molecule has 1 aromatic carbocycles. The Morgan fingerprint density at radius 2 is 1.91 bits per heavy atom. The van der Waals surface area contributed by atoms with Crippen LogP contribution in [0.3, 0.4) is 0 Å². The smallest absolute Gasteiger partial charge is 0.338 e. The lowest BCUT2D eigenvalue weighted by atomic mass is 10.1. The van der Waals surface area contributed by atoms with E-state index in [4.69, 9.17) is 4.74 Å². The largest absolute Gasteiger partial charge is 0.449 e. The normalized spacial score (nSPS) is 17.3. The summed E-state index contributed by atoms with van der Waals surface area (Å²) in [4.78, 5) is 54.2. The Morgan fingerprint density at radius 3 is 2.69 bits per heavy atom. The lowest BCUT2D eigenvalue weighted by Gasteiger charge is -2.16. The average Bonchev–Trinajstić information content (AvgIpc) is 3.15. The maximum absolute atomic E-state index is 12.8. The highest BCUT2D eigenvalue weighted by Gasteiger charge is 2.24. The van der Waals surface area contributed by atoms with Crippen molar-refractivity contribution in [2.24, 2.45) is 0 Å². The van der Waals surface area contributed by atoms with Gasteiger partial charge in [0.15, 0.2) is 6.10 Å². The minimum atomic E-state index is -1.15. The van der Waals surface area contributed by atoms with E-state index < -0.39 is 24.0 Å². The van der Waals surface area contributed by atoms with Gasteiger partial charge in [-0.05, 0) is 50.8 Å². The first-order valence-electron chi connectivity index (χ1n) is 11.3. The van der Waals surface area contributed by atoms with Crippen molar-refractivity contribution in [2.75, 3.05) is 0 Å². The molecule has 1 aliphatic heterocycles. The van der Waals surface area contributed by atoms with Gasteiger partial charge >= 0.3 is 12.0 Å². The van der Waals surface area contributed by atoms with Gasteiger partial charge in [0.1, 0.15) is 5.82 Å². The molecule has 32 heavy (non-hydrogen) atoms. The number of nitrogens with one attached hydrogen (secondary N) is 2. The topological polar surface area (TPSA) is 119 Å². The summed E-state index contributed by atoms with van der Waals surface area (Å²) in [5, 5.41) is 5.42. The summed E-state index contributed by atoms with van der Waals surface area (Å²) in [6.07, 6.45) is 6.45. The van der Waals surface area contributed by atoms with Gasteiger partial charge in [0, 0.05) is 19.0 Å².